The van der Waals surface area contributed by atoms with Gasteiger partial charge in [-0.2, -0.15) is 0 Å². The van der Waals surface area contributed by atoms with Crippen LogP contribution in [-0.4, -0.2) is 41.4 Å². The number of aromatic nitrogens is 1. The Balaban J connectivity index is 0.000000501. The van der Waals surface area contributed by atoms with Crippen LogP contribution in [0.25, 0.3) is 11.3 Å². The molecule has 0 aliphatic heterocycles. The van der Waals surface area contributed by atoms with E-state index < -0.39 is 12.4 Å². The monoisotopic (exact) mass is 527 g/mol. The maximum Gasteiger partial charge on any atom is 0.303 e. The maximum atomic E-state index is 12.6. The smallest absolute Gasteiger partial charge is 0.303 e. The Morgan fingerprint density at radius 2 is 1.82 bits per heavy atom. The van der Waals surface area contributed by atoms with E-state index in [0.29, 0.717) is 24.7 Å². The normalized spacial score (nSPS) is 14.1. The highest BCUT2D eigenvalue weighted by Gasteiger charge is 2.15. The first-order chi connectivity index (χ1) is 18.3. The Bertz CT molecular complexity index is 1010. The Labute approximate surface area is 226 Å². The van der Waals surface area contributed by atoms with E-state index in [0.717, 1.165) is 29.7 Å². The zero-order valence-electron chi connectivity index (χ0n) is 23.2. The fraction of sp³-hybridized carbons (Fsp3) is 0.452. The highest BCUT2D eigenvalue weighted by molar-refractivity contribution is 5.98. The van der Waals surface area contributed by atoms with Crippen LogP contribution < -0.4 is 5.32 Å². The predicted octanol–water partition coefficient (Wildman–Crippen LogP) is 7.86. The molecule has 0 saturated heterocycles. The molecule has 0 spiro atoms. The summed E-state index contributed by atoms with van der Waals surface area (Å²) < 4.78 is 25.1. The number of carboxylic acids is 1. The van der Waals surface area contributed by atoms with E-state index in [-0.39, 0.29) is 12.1 Å². The lowest BCUT2D eigenvalue weighted by Crippen LogP contribution is -2.25. The molecule has 208 valence electrons. The van der Waals surface area contributed by atoms with E-state index in [1.165, 1.54) is 37.8 Å². The van der Waals surface area contributed by atoms with Gasteiger partial charge in [0.1, 0.15) is 5.84 Å². The van der Waals surface area contributed by atoms with E-state index in [1.54, 1.807) is 12.3 Å². The van der Waals surface area contributed by atoms with Crippen molar-refractivity contribution in [2.45, 2.75) is 72.6 Å². The Morgan fingerprint density at radius 1 is 1.16 bits per heavy atom. The first-order valence-electron chi connectivity index (χ1n) is 13.4. The first-order valence-corrected chi connectivity index (χ1v) is 13.4. The summed E-state index contributed by atoms with van der Waals surface area (Å²) >= 11 is 0. The minimum Gasteiger partial charge on any atom is -0.481 e. The third-order valence-corrected chi connectivity index (χ3v) is 5.99. The van der Waals surface area contributed by atoms with Gasteiger partial charge in [0.05, 0.1) is 12.2 Å². The van der Waals surface area contributed by atoms with Crippen LogP contribution in [0, 0.1) is 12.8 Å². The largest absolute Gasteiger partial charge is 0.481 e. The van der Waals surface area contributed by atoms with Gasteiger partial charge in [-0.1, -0.05) is 75.1 Å². The number of allylic oxidation sites excluding steroid dienone is 1. The van der Waals surface area contributed by atoms with E-state index in [9.17, 15) is 13.6 Å². The quantitative estimate of drug-likeness (QED) is 0.198. The minimum absolute atomic E-state index is 0.0182. The molecule has 1 aliphatic carbocycles. The molecule has 1 aromatic heterocycles. The van der Waals surface area contributed by atoms with Crippen LogP contribution in [0.4, 0.5) is 8.78 Å². The first kappa shape index (κ1) is 32.7. The second-order valence-electron chi connectivity index (χ2n) is 9.01. The van der Waals surface area contributed by atoms with Crippen molar-refractivity contribution in [2.75, 3.05) is 13.1 Å². The van der Waals surface area contributed by atoms with Crippen molar-refractivity contribution in [1.29, 1.82) is 0 Å². The number of pyridine rings is 1. The summed E-state index contributed by atoms with van der Waals surface area (Å²) in [5.74, 6) is 0.448. The second-order valence-corrected chi connectivity index (χ2v) is 9.01. The fourth-order valence-electron chi connectivity index (χ4n) is 3.86. The summed E-state index contributed by atoms with van der Waals surface area (Å²) in [6.07, 6.45) is 8.83. The van der Waals surface area contributed by atoms with Crippen molar-refractivity contribution in [2.24, 2.45) is 10.9 Å². The summed E-state index contributed by atoms with van der Waals surface area (Å²) in [6, 6.07) is 12.0. The van der Waals surface area contributed by atoms with E-state index in [2.05, 4.69) is 21.9 Å². The number of carboxylic acid groups (broad SMARTS) is 1. The number of alkyl halides is 2. The van der Waals surface area contributed by atoms with Gasteiger partial charge in [-0.3, -0.25) is 14.8 Å². The predicted molar refractivity (Wildman–Crippen MR) is 154 cm³/mol. The van der Waals surface area contributed by atoms with Crippen molar-refractivity contribution in [1.82, 2.24) is 10.3 Å². The third kappa shape index (κ3) is 12.7. The van der Waals surface area contributed by atoms with Crippen LogP contribution in [0.2, 0.25) is 0 Å². The second kappa shape index (κ2) is 18.8. The molecule has 2 N–H and O–H groups in total. The molecule has 0 bridgehead atoms. The van der Waals surface area contributed by atoms with Crippen LogP contribution in [0.5, 0.6) is 0 Å². The highest BCUT2D eigenvalue weighted by Crippen LogP contribution is 2.25. The number of amidine groups is 1. The van der Waals surface area contributed by atoms with Gasteiger partial charge in [0, 0.05) is 30.3 Å². The zero-order valence-corrected chi connectivity index (χ0v) is 23.2. The summed E-state index contributed by atoms with van der Waals surface area (Å²) in [4.78, 5) is 19.1. The van der Waals surface area contributed by atoms with Gasteiger partial charge < -0.3 is 10.4 Å². The maximum absolute atomic E-state index is 12.6. The number of nitrogens with one attached hydrogen (secondary N) is 1. The molecule has 5 nitrogen and oxygen atoms in total. The molecule has 1 aromatic carbocycles. The Kier molecular flexibility index (Phi) is 16.2. The molecule has 0 amide bonds. The molecule has 0 atom stereocenters. The topological polar surface area (TPSA) is 74.6 Å². The van der Waals surface area contributed by atoms with Crippen LogP contribution in [-0.2, 0) is 4.79 Å². The van der Waals surface area contributed by atoms with Crippen molar-refractivity contribution < 1.29 is 18.7 Å². The van der Waals surface area contributed by atoms with Crippen molar-refractivity contribution in [3.05, 3.63) is 78.0 Å². The number of nitrogens with zero attached hydrogens (tertiary/aromatic N) is 2. The van der Waals surface area contributed by atoms with Gasteiger partial charge in [-0.25, -0.2) is 8.78 Å². The molecule has 7 heteroatoms. The standard InChI is InChI=1S/C21H23F2N3.C8H14O2.C2H6/c1-4-12-24-21(25-13-11-16(3)20(22)23)18-9-10-19(26-14-18)17-7-5-15(2)6-8-17;9-8(10)6-7-4-2-1-3-5-7;1-2/h4-11,14,20H,1,12-13H2,2-3H3,(H,24,25);7H,1-6H2,(H,9,10);1-2H3/b16-11+;;. The molecule has 1 aliphatic rings. The summed E-state index contributed by atoms with van der Waals surface area (Å²) in [5, 5.41) is 11.6. The van der Waals surface area contributed by atoms with Crippen LogP contribution >= 0.6 is 0 Å². The highest BCUT2D eigenvalue weighted by atomic mass is 19.3. The average molecular weight is 528 g/mol. The number of rotatable bonds is 9. The molecule has 1 fully saturated rings. The lowest BCUT2D eigenvalue weighted by atomic mass is 9.87. The number of hydrogen-bond acceptors (Lipinski definition) is 3. The van der Waals surface area contributed by atoms with Crippen molar-refractivity contribution in [3.8, 4) is 11.3 Å². The number of aliphatic carboxylic acids is 1. The summed E-state index contributed by atoms with van der Waals surface area (Å²) in [5.41, 5.74) is 3.91. The number of aryl methyl sites for hydroxylation is 1. The van der Waals surface area contributed by atoms with Crippen LogP contribution in [0.15, 0.2) is 71.9 Å². The molecule has 1 saturated carbocycles. The van der Waals surface area contributed by atoms with Gasteiger partial charge in [-0.15, -0.1) is 6.58 Å². The summed E-state index contributed by atoms with van der Waals surface area (Å²) in [7, 11) is 0. The van der Waals surface area contributed by atoms with Gasteiger partial charge in [0.2, 0.25) is 0 Å². The molecular formula is C31H43F2N3O2. The lowest BCUT2D eigenvalue weighted by molar-refractivity contribution is -0.138. The zero-order chi connectivity index (χ0) is 28.3. The van der Waals surface area contributed by atoms with Crippen LogP contribution in [0.3, 0.4) is 0 Å². The Hall–Kier alpha value is -3.35. The average Bonchev–Trinajstić information content (AvgIpc) is 2.93. The molecular weight excluding hydrogens is 484 g/mol. The molecule has 0 radical (unpaired) electrons. The minimum atomic E-state index is -2.45. The lowest BCUT2D eigenvalue weighted by Gasteiger charge is -2.18. The number of halogens is 2. The molecule has 1 heterocycles. The molecule has 38 heavy (non-hydrogen) atoms. The van der Waals surface area contributed by atoms with Gasteiger partial charge >= 0.3 is 5.97 Å². The molecule has 3 rings (SSSR count). The van der Waals surface area contributed by atoms with Gasteiger partial charge in [0.25, 0.3) is 6.43 Å². The van der Waals surface area contributed by atoms with Crippen molar-refractivity contribution >= 4 is 11.8 Å². The number of aliphatic imine (C=N–C) groups is 1. The number of carbonyl (C=O) groups is 1. The number of benzene rings is 1. The van der Waals surface area contributed by atoms with E-state index in [4.69, 9.17) is 5.11 Å². The SMILES string of the molecule is C=CCNC(=NC/C=C(\C)C(F)F)c1ccc(-c2ccc(C)cc2)nc1.CC.O=C(O)CC1CCCCC1. The van der Waals surface area contributed by atoms with Gasteiger partial charge in [0.15, 0.2) is 0 Å². The van der Waals surface area contributed by atoms with Crippen molar-refractivity contribution in [3.63, 3.8) is 0 Å². The van der Waals surface area contributed by atoms with Crippen LogP contribution in [0.1, 0.15) is 70.4 Å². The fourth-order valence-corrected chi connectivity index (χ4v) is 3.86. The molecule has 0 unspecified atom stereocenters. The molecule has 2 aromatic rings. The third-order valence-electron chi connectivity index (χ3n) is 5.99. The van der Waals surface area contributed by atoms with E-state index >= 15 is 0 Å². The van der Waals surface area contributed by atoms with Gasteiger partial charge in [-0.05, 0) is 50.3 Å². The Morgan fingerprint density at radius 3 is 2.34 bits per heavy atom. The summed E-state index contributed by atoms with van der Waals surface area (Å²) in [6.45, 7) is 11.8. The van der Waals surface area contributed by atoms with E-state index in [1.807, 2.05) is 57.2 Å². The number of hydrogen-bond donors (Lipinski definition) is 2.